The van der Waals surface area contributed by atoms with E-state index in [9.17, 15) is 48.8 Å². The number of esters is 2. The monoisotopic (exact) mass is 1010 g/mol. The van der Waals surface area contributed by atoms with E-state index in [1.54, 1.807) is 0 Å². The molecule has 0 radical (unpaired) electrons. The zero-order valence-electron chi connectivity index (χ0n) is 40.1. The van der Waals surface area contributed by atoms with Gasteiger partial charge in [0.1, 0.15) is 43.2 Å². The van der Waals surface area contributed by atoms with Crippen LogP contribution in [-0.4, -0.2) is 114 Å². The number of thioether (sulfide) groups is 1. The number of aliphatic hydroxyl groups excluding tert-OH is 4. The molecule has 1 saturated carbocycles. The molecule has 0 aromatic carbocycles. The fraction of sp³-hybridized carbons (Fsp3) is 0.935. The van der Waals surface area contributed by atoms with E-state index < -0.39 is 83.5 Å². The average molecular weight is 1010 g/mol. The van der Waals surface area contributed by atoms with Gasteiger partial charge in [-0.25, -0.2) is 9.13 Å². The van der Waals surface area contributed by atoms with Crippen LogP contribution in [0.3, 0.4) is 0 Å². The second-order valence-electron chi connectivity index (χ2n) is 17.8. The summed E-state index contributed by atoms with van der Waals surface area (Å²) in [5.41, 5.74) is 0. The Bertz CT molecular complexity index is 1340. The van der Waals surface area contributed by atoms with Crippen molar-refractivity contribution in [2.75, 3.05) is 19.0 Å². The molecule has 0 bridgehead atoms. The van der Waals surface area contributed by atoms with Gasteiger partial charge >= 0.3 is 27.6 Å². The van der Waals surface area contributed by atoms with Gasteiger partial charge in [-0.15, -0.1) is 0 Å². The topological polar surface area (TPSA) is 273 Å². The van der Waals surface area contributed by atoms with Crippen LogP contribution in [0.2, 0.25) is 0 Å². The molecule has 1 fully saturated rings. The molecular formula is C46H88O17P2S. The highest BCUT2D eigenvalue weighted by atomic mass is 32.2. The molecule has 1 aliphatic carbocycles. The predicted molar refractivity (Wildman–Crippen MR) is 254 cm³/mol. The van der Waals surface area contributed by atoms with E-state index in [0.717, 1.165) is 70.0 Å². The first-order valence-electron chi connectivity index (χ1n) is 25.1. The molecule has 20 heteroatoms. The van der Waals surface area contributed by atoms with Crippen LogP contribution in [0, 0.1) is 0 Å². The van der Waals surface area contributed by atoms with Crippen LogP contribution in [0.5, 0.6) is 0 Å². The summed E-state index contributed by atoms with van der Waals surface area (Å²) in [5, 5.41) is 41.8. The minimum atomic E-state index is -5.31. The highest BCUT2D eigenvalue weighted by molar-refractivity contribution is 8.13. The SMILES string of the molecule is CCCCCCCCCCCCCCCC(=O)O[C@H](COC(=O)CCCCCCCCCCCCCCCCSC(=O)CCC)COP(=O)(O)OC1C(O)[C@@H](O)C(OP(=O)(O)O)[C@@H](O)[C@H]1O. The van der Waals surface area contributed by atoms with Crippen molar-refractivity contribution in [3.8, 4) is 0 Å². The van der Waals surface area contributed by atoms with Gasteiger partial charge in [-0.1, -0.05) is 180 Å². The quantitative estimate of drug-likeness (QED) is 0.0170. The number of hydrogen-bond acceptors (Lipinski definition) is 15. The van der Waals surface area contributed by atoms with E-state index in [4.69, 9.17) is 28.3 Å². The van der Waals surface area contributed by atoms with Gasteiger partial charge in [-0.3, -0.25) is 28.0 Å². The van der Waals surface area contributed by atoms with E-state index in [1.165, 1.54) is 114 Å². The van der Waals surface area contributed by atoms with Crippen LogP contribution in [0.25, 0.3) is 0 Å². The maximum atomic E-state index is 13.0. The minimum Gasteiger partial charge on any atom is -0.462 e. The predicted octanol–water partition coefficient (Wildman–Crippen LogP) is 9.27. The molecule has 7 N–H and O–H groups in total. The van der Waals surface area contributed by atoms with Gasteiger partial charge in [0.2, 0.25) is 0 Å². The molecule has 1 rings (SSSR count). The van der Waals surface area contributed by atoms with Crippen molar-refractivity contribution in [2.24, 2.45) is 0 Å². The van der Waals surface area contributed by atoms with Crippen LogP contribution in [0.1, 0.15) is 213 Å². The number of phosphoric acid groups is 2. The lowest BCUT2D eigenvalue weighted by Gasteiger charge is -2.43. The molecule has 0 aliphatic heterocycles. The van der Waals surface area contributed by atoms with Crippen molar-refractivity contribution in [3.05, 3.63) is 0 Å². The Hall–Kier alpha value is -0.980. The Morgan fingerprint density at radius 2 is 0.864 bits per heavy atom. The summed E-state index contributed by atoms with van der Waals surface area (Å²) >= 11 is 1.48. The molecule has 0 spiro atoms. The van der Waals surface area contributed by atoms with Crippen LogP contribution in [0.4, 0.5) is 0 Å². The number of unbranched alkanes of at least 4 members (excludes halogenated alkanes) is 25. The van der Waals surface area contributed by atoms with Crippen molar-refractivity contribution in [3.63, 3.8) is 0 Å². The lowest BCUT2D eigenvalue weighted by molar-refractivity contribution is -0.216. The van der Waals surface area contributed by atoms with Crippen molar-refractivity contribution in [1.82, 2.24) is 0 Å². The second kappa shape index (κ2) is 38.7. The molecule has 0 saturated heterocycles. The second-order valence-corrected chi connectivity index (χ2v) is 21.6. The Morgan fingerprint density at radius 1 is 0.485 bits per heavy atom. The lowest BCUT2D eigenvalue weighted by Crippen LogP contribution is -2.64. The summed E-state index contributed by atoms with van der Waals surface area (Å²) in [6.07, 6.45) is 17.1. The first-order chi connectivity index (χ1) is 31.5. The molecular weight excluding hydrogens is 919 g/mol. The lowest BCUT2D eigenvalue weighted by atomic mass is 9.85. The maximum Gasteiger partial charge on any atom is 0.472 e. The van der Waals surface area contributed by atoms with Gasteiger partial charge in [0.05, 0.1) is 6.61 Å². The Balaban J connectivity index is 2.48. The minimum absolute atomic E-state index is 0.0495. The summed E-state index contributed by atoms with van der Waals surface area (Å²) in [6, 6.07) is 0. The van der Waals surface area contributed by atoms with E-state index in [2.05, 4.69) is 11.4 Å². The van der Waals surface area contributed by atoms with Crippen molar-refractivity contribution >= 4 is 44.5 Å². The molecule has 1 aliphatic rings. The zero-order valence-corrected chi connectivity index (χ0v) is 42.7. The number of phosphoric ester groups is 2. The highest BCUT2D eigenvalue weighted by Crippen LogP contribution is 2.48. The molecule has 4 unspecified atom stereocenters. The molecule has 66 heavy (non-hydrogen) atoms. The maximum absolute atomic E-state index is 13.0. The molecule has 17 nitrogen and oxygen atoms in total. The largest absolute Gasteiger partial charge is 0.472 e. The first-order valence-corrected chi connectivity index (χ1v) is 29.1. The van der Waals surface area contributed by atoms with Crippen LogP contribution >= 0.6 is 27.4 Å². The third-order valence-corrected chi connectivity index (χ3v) is 14.2. The fourth-order valence-corrected chi connectivity index (χ4v) is 10.3. The van der Waals surface area contributed by atoms with Crippen molar-refractivity contribution in [1.29, 1.82) is 0 Å². The number of ether oxygens (including phenoxy) is 2. The van der Waals surface area contributed by atoms with Crippen molar-refractivity contribution < 1.29 is 81.7 Å². The number of carbonyl (C=O) groups is 3. The Labute approximate surface area is 399 Å². The average Bonchev–Trinajstić information content (AvgIpc) is 3.26. The highest BCUT2D eigenvalue weighted by Gasteiger charge is 2.54. The molecule has 0 aromatic rings. The normalized spacial score (nSPS) is 21.3. The van der Waals surface area contributed by atoms with E-state index in [0.29, 0.717) is 24.4 Å². The molecule has 0 heterocycles. The molecule has 0 amide bonds. The molecule has 390 valence electrons. The van der Waals surface area contributed by atoms with Crippen LogP contribution < -0.4 is 0 Å². The summed E-state index contributed by atoms with van der Waals surface area (Å²) in [6.45, 7) is 2.92. The molecule has 0 aromatic heterocycles. The van der Waals surface area contributed by atoms with Crippen LogP contribution in [-0.2, 0) is 46.6 Å². The smallest absolute Gasteiger partial charge is 0.462 e. The van der Waals surface area contributed by atoms with Gasteiger partial charge in [0.15, 0.2) is 11.2 Å². The van der Waals surface area contributed by atoms with Gasteiger partial charge < -0.3 is 44.6 Å². The van der Waals surface area contributed by atoms with Gasteiger partial charge in [-0.05, 0) is 25.7 Å². The van der Waals surface area contributed by atoms with Crippen LogP contribution in [0.15, 0.2) is 0 Å². The Kier molecular flexibility index (Phi) is 37.0. The van der Waals surface area contributed by atoms with Gasteiger partial charge in [0, 0.05) is 25.0 Å². The number of carbonyl (C=O) groups excluding carboxylic acids is 3. The zero-order chi connectivity index (χ0) is 49.1. The summed E-state index contributed by atoms with van der Waals surface area (Å²) in [5.74, 6) is -0.259. The summed E-state index contributed by atoms with van der Waals surface area (Å²) < 4.78 is 49.2. The van der Waals surface area contributed by atoms with E-state index >= 15 is 0 Å². The third-order valence-electron chi connectivity index (χ3n) is 11.7. The molecule has 8 atom stereocenters. The van der Waals surface area contributed by atoms with Gasteiger partial charge in [0.25, 0.3) is 0 Å². The summed E-state index contributed by atoms with van der Waals surface area (Å²) in [4.78, 5) is 65.7. The Morgan fingerprint density at radius 3 is 1.27 bits per heavy atom. The standard InChI is InChI=1S/C46H88O17P2S/c1-3-5-6-7-8-9-10-13-17-20-23-26-29-33-39(48)61-37(36-60-65(57,58)63-46-43(52)41(50)45(42(51)44(46)53)62-64(54,55)56)35-59-38(47)32-28-25-22-19-16-14-11-12-15-18-21-24-27-30-34-66-40(49)31-4-2/h37,41-46,50-53H,3-36H2,1-2H3,(H,57,58)(H2,54,55,56)/t37-,41-,42+,43?,44-,45?,46?/m1/s1. The number of aliphatic hydroxyl groups is 4. The van der Waals surface area contributed by atoms with Gasteiger partial charge in [-0.2, -0.15) is 0 Å². The van der Waals surface area contributed by atoms with E-state index in [1.807, 2.05) is 6.92 Å². The van der Waals surface area contributed by atoms with Crippen molar-refractivity contribution in [2.45, 2.75) is 256 Å². The fourth-order valence-electron chi connectivity index (χ4n) is 7.81. The first kappa shape index (κ1) is 63.0. The number of hydrogen-bond donors (Lipinski definition) is 7. The summed E-state index contributed by atoms with van der Waals surface area (Å²) in [7, 11) is -10.6. The number of rotatable bonds is 43. The van der Waals surface area contributed by atoms with E-state index in [-0.39, 0.29) is 12.8 Å². The third kappa shape index (κ3) is 32.8.